The molecule has 118 valence electrons. The van der Waals surface area contributed by atoms with Crippen LogP contribution in [0, 0.1) is 6.92 Å². The number of rotatable bonds is 5. The Morgan fingerprint density at radius 3 is 2.57 bits per heavy atom. The maximum absolute atomic E-state index is 12.3. The van der Waals surface area contributed by atoms with E-state index in [0.29, 0.717) is 5.56 Å². The summed E-state index contributed by atoms with van der Waals surface area (Å²) in [6, 6.07) is 1.35. The van der Waals surface area contributed by atoms with Gasteiger partial charge < -0.3 is 10.0 Å². The van der Waals surface area contributed by atoms with Gasteiger partial charge in [-0.3, -0.25) is 0 Å². The Kier molecular flexibility index (Phi) is 5.03. The van der Waals surface area contributed by atoms with Gasteiger partial charge in [0.2, 0.25) is 10.0 Å². The Labute approximate surface area is 128 Å². The van der Waals surface area contributed by atoms with Crippen molar-refractivity contribution < 1.29 is 18.3 Å². The summed E-state index contributed by atoms with van der Waals surface area (Å²) in [5.74, 6) is -1.09. The molecule has 0 radical (unpaired) electrons. The van der Waals surface area contributed by atoms with Gasteiger partial charge in [-0.25, -0.2) is 17.9 Å². The number of aryl methyl sites for hydroxylation is 1. The molecule has 1 saturated heterocycles. The summed E-state index contributed by atoms with van der Waals surface area (Å²) >= 11 is 0.808. The third-order valence-corrected chi connectivity index (χ3v) is 6.93. The molecule has 0 atom stereocenters. The second-order valence-corrected chi connectivity index (χ2v) is 8.21. The fourth-order valence-electron chi connectivity index (χ4n) is 2.44. The van der Waals surface area contributed by atoms with Crippen LogP contribution in [0.25, 0.3) is 0 Å². The van der Waals surface area contributed by atoms with Gasteiger partial charge in [-0.1, -0.05) is 6.92 Å². The van der Waals surface area contributed by atoms with Gasteiger partial charge >= 0.3 is 5.97 Å². The number of aromatic carboxylic acids is 1. The molecular weight excluding hydrogens is 312 g/mol. The highest BCUT2D eigenvalue weighted by Crippen LogP contribution is 2.26. The molecule has 0 amide bonds. The molecule has 1 aromatic heterocycles. The van der Waals surface area contributed by atoms with Crippen LogP contribution >= 0.6 is 11.3 Å². The number of hydrogen-bond acceptors (Lipinski definition) is 5. The van der Waals surface area contributed by atoms with Crippen molar-refractivity contribution in [2.45, 2.75) is 36.9 Å². The molecule has 1 fully saturated rings. The lowest BCUT2D eigenvalue weighted by Crippen LogP contribution is -2.44. The van der Waals surface area contributed by atoms with Crippen molar-refractivity contribution in [1.82, 2.24) is 9.62 Å². The molecule has 1 aromatic rings. The van der Waals surface area contributed by atoms with Gasteiger partial charge in [0.15, 0.2) is 0 Å². The smallest absolute Gasteiger partial charge is 0.346 e. The van der Waals surface area contributed by atoms with E-state index >= 15 is 0 Å². The molecule has 8 heteroatoms. The third-order valence-electron chi connectivity index (χ3n) is 3.71. The number of carboxylic acids is 1. The first-order chi connectivity index (χ1) is 9.83. The number of hydrogen-bond donors (Lipinski definition) is 2. The maximum Gasteiger partial charge on any atom is 0.346 e. The zero-order chi connectivity index (χ0) is 15.6. The van der Waals surface area contributed by atoms with Crippen LogP contribution in [-0.4, -0.2) is 50.1 Å². The van der Waals surface area contributed by atoms with Gasteiger partial charge in [0.25, 0.3) is 0 Å². The van der Waals surface area contributed by atoms with Crippen LogP contribution in [0.3, 0.4) is 0 Å². The first kappa shape index (κ1) is 16.4. The van der Waals surface area contributed by atoms with Crippen LogP contribution in [-0.2, 0) is 10.0 Å². The Morgan fingerprint density at radius 1 is 1.48 bits per heavy atom. The van der Waals surface area contributed by atoms with Crippen LogP contribution in [0.4, 0.5) is 0 Å². The van der Waals surface area contributed by atoms with Crippen molar-refractivity contribution in [3.8, 4) is 0 Å². The lowest BCUT2D eigenvalue weighted by atomic mass is 10.1. The van der Waals surface area contributed by atoms with Crippen LogP contribution in [0.2, 0.25) is 0 Å². The van der Waals surface area contributed by atoms with Crippen molar-refractivity contribution in [2.24, 2.45) is 0 Å². The quantitative estimate of drug-likeness (QED) is 0.854. The fraction of sp³-hybridized carbons (Fsp3) is 0.615. The number of nitrogens with zero attached hydrogens (tertiary/aromatic N) is 1. The number of likely N-dealkylation sites (tertiary alicyclic amines) is 1. The van der Waals surface area contributed by atoms with E-state index in [1.807, 2.05) is 0 Å². The van der Waals surface area contributed by atoms with E-state index in [9.17, 15) is 13.2 Å². The van der Waals surface area contributed by atoms with E-state index in [1.54, 1.807) is 6.92 Å². The molecule has 1 aliphatic heterocycles. The minimum absolute atomic E-state index is 0.0755. The number of thiophene rings is 1. The molecule has 2 N–H and O–H groups in total. The number of piperidine rings is 1. The molecule has 0 saturated carbocycles. The summed E-state index contributed by atoms with van der Waals surface area (Å²) in [6.45, 7) is 6.44. The average Bonchev–Trinajstić information content (AvgIpc) is 2.82. The number of sulfonamides is 1. The molecule has 2 heterocycles. The van der Waals surface area contributed by atoms with Gasteiger partial charge in [0.05, 0.1) is 0 Å². The molecule has 2 rings (SSSR count). The lowest BCUT2D eigenvalue weighted by molar-refractivity contribution is 0.0701. The largest absolute Gasteiger partial charge is 0.477 e. The molecule has 0 aromatic carbocycles. The SMILES string of the molecule is CCN1CCC(NS(=O)(=O)c2cc(C)c(C(=O)O)s2)CC1. The molecular formula is C13H20N2O4S2. The van der Waals surface area contributed by atoms with Gasteiger partial charge in [-0.15, -0.1) is 11.3 Å². The molecule has 21 heavy (non-hydrogen) atoms. The molecule has 0 bridgehead atoms. The first-order valence-electron chi connectivity index (χ1n) is 6.92. The van der Waals surface area contributed by atoms with Crippen molar-refractivity contribution in [2.75, 3.05) is 19.6 Å². The van der Waals surface area contributed by atoms with Crippen molar-refractivity contribution in [3.63, 3.8) is 0 Å². The lowest BCUT2D eigenvalue weighted by Gasteiger charge is -2.31. The Balaban J connectivity index is 2.09. The van der Waals surface area contributed by atoms with Crippen molar-refractivity contribution >= 4 is 27.3 Å². The van der Waals surface area contributed by atoms with E-state index in [1.165, 1.54) is 6.07 Å². The molecule has 1 aliphatic rings. The number of carbonyl (C=O) groups is 1. The summed E-state index contributed by atoms with van der Waals surface area (Å²) in [7, 11) is -3.63. The van der Waals surface area contributed by atoms with E-state index in [4.69, 9.17) is 5.11 Å². The zero-order valence-corrected chi connectivity index (χ0v) is 13.8. The minimum atomic E-state index is -3.63. The topological polar surface area (TPSA) is 86.7 Å². The van der Waals surface area contributed by atoms with Gasteiger partial charge in [-0.05, 0) is 51.0 Å². The highest BCUT2D eigenvalue weighted by molar-refractivity contribution is 7.91. The summed E-state index contributed by atoms with van der Waals surface area (Å²) < 4.78 is 27.4. The molecule has 0 unspecified atom stereocenters. The predicted molar refractivity (Wildman–Crippen MR) is 81.5 cm³/mol. The van der Waals surface area contributed by atoms with E-state index in [2.05, 4.69) is 16.5 Å². The summed E-state index contributed by atoms with van der Waals surface area (Å²) in [4.78, 5) is 13.4. The van der Waals surface area contributed by atoms with E-state index in [-0.39, 0.29) is 15.1 Å². The second kappa shape index (κ2) is 6.43. The summed E-state index contributed by atoms with van der Waals surface area (Å²) in [5.41, 5.74) is 0.480. The average molecular weight is 332 g/mol. The van der Waals surface area contributed by atoms with Crippen molar-refractivity contribution in [3.05, 3.63) is 16.5 Å². The minimum Gasteiger partial charge on any atom is -0.477 e. The number of carboxylic acid groups (broad SMARTS) is 1. The third kappa shape index (κ3) is 3.82. The monoisotopic (exact) mass is 332 g/mol. The summed E-state index contributed by atoms with van der Waals surface area (Å²) in [5, 5.41) is 9.01. The van der Waals surface area contributed by atoms with Crippen LogP contribution < -0.4 is 4.72 Å². The van der Waals surface area contributed by atoms with Crippen LogP contribution in [0.1, 0.15) is 35.0 Å². The summed E-state index contributed by atoms with van der Waals surface area (Å²) in [6.07, 6.45) is 1.56. The normalized spacial score (nSPS) is 18.0. The van der Waals surface area contributed by atoms with Crippen molar-refractivity contribution in [1.29, 1.82) is 0 Å². The first-order valence-corrected chi connectivity index (χ1v) is 9.22. The van der Waals surface area contributed by atoms with E-state index in [0.717, 1.165) is 43.8 Å². The molecule has 0 aliphatic carbocycles. The van der Waals surface area contributed by atoms with E-state index < -0.39 is 16.0 Å². The highest BCUT2D eigenvalue weighted by Gasteiger charge is 2.26. The second-order valence-electron chi connectivity index (χ2n) is 5.21. The predicted octanol–water partition coefficient (Wildman–Crippen LogP) is 1.52. The van der Waals surface area contributed by atoms with Gasteiger partial charge in [0, 0.05) is 6.04 Å². The Bertz CT molecular complexity index is 616. The Hall–Kier alpha value is -0.960. The van der Waals surface area contributed by atoms with Gasteiger partial charge in [0.1, 0.15) is 9.09 Å². The maximum atomic E-state index is 12.3. The standard InChI is InChI=1S/C13H20N2O4S2/c1-3-15-6-4-10(5-7-15)14-21(18,19)11-8-9(2)12(20-11)13(16)17/h8,10,14H,3-7H2,1-2H3,(H,16,17). The van der Waals surface area contributed by atoms with Crippen LogP contribution in [0.15, 0.2) is 10.3 Å². The highest BCUT2D eigenvalue weighted by atomic mass is 32.2. The molecule has 0 spiro atoms. The zero-order valence-electron chi connectivity index (χ0n) is 12.1. The fourth-order valence-corrected chi connectivity index (χ4v) is 5.14. The van der Waals surface area contributed by atoms with Gasteiger partial charge in [-0.2, -0.15) is 0 Å². The molecule has 6 nitrogen and oxygen atoms in total. The Morgan fingerprint density at radius 2 is 2.10 bits per heavy atom. The number of nitrogens with one attached hydrogen (secondary N) is 1. The van der Waals surface area contributed by atoms with Crippen LogP contribution in [0.5, 0.6) is 0 Å².